The van der Waals surface area contributed by atoms with Crippen molar-refractivity contribution < 1.29 is 13.9 Å². The van der Waals surface area contributed by atoms with Gasteiger partial charge in [-0.25, -0.2) is 8.78 Å². The van der Waals surface area contributed by atoms with Crippen LogP contribution in [0.25, 0.3) is 0 Å². The quantitative estimate of drug-likeness (QED) is 0.899. The Bertz CT molecular complexity index is 538. The molecule has 0 saturated carbocycles. The van der Waals surface area contributed by atoms with Crippen molar-refractivity contribution in [2.75, 3.05) is 0 Å². The van der Waals surface area contributed by atoms with E-state index in [1.807, 2.05) is 0 Å². The maximum Gasteiger partial charge on any atom is 0.137 e. The Morgan fingerprint density at radius 2 is 1.72 bits per heavy atom. The average Bonchev–Trinajstić information content (AvgIpc) is 2.34. The summed E-state index contributed by atoms with van der Waals surface area (Å²) in [6.45, 7) is 1.59. The molecule has 4 heteroatoms. The summed E-state index contributed by atoms with van der Waals surface area (Å²) in [4.78, 5) is 1.10. The van der Waals surface area contributed by atoms with Gasteiger partial charge in [-0.15, -0.1) is 0 Å². The molecule has 0 aliphatic carbocycles. The molecule has 2 aromatic carbocycles. The first-order valence-electron chi connectivity index (χ1n) is 5.48. The van der Waals surface area contributed by atoms with Crippen molar-refractivity contribution in [3.8, 4) is 0 Å². The molecule has 2 aromatic rings. The fourth-order valence-electron chi connectivity index (χ4n) is 1.58. The van der Waals surface area contributed by atoms with E-state index in [-0.39, 0.29) is 11.6 Å². The average molecular weight is 266 g/mol. The van der Waals surface area contributed by atoms with E-state index in [0.29, 0.717) is 10.5 Å². The maximum absolute atomic E-state index is 13.8. The van der Waals surface area contributed by atoms with Gasteiger partial charge in [0, 0.05) is 4.90 Å². The fraction of sp³-hybridized carbons (Fsp3) is 0.143. The van der Waals surface area contributed by atoms with Crippen LogP contribution in [0.15, 0.2) is 52.3 Å². The SMILES string of the molecule is C[C@H](O)c1cccc(F)c1Sc1ccc(F)cc1. The van der Waals surface area contributed by atoms with Gasteiger partial charge < -0.3 is 5.11 Å². The minimum Gasteiger partial charge on any atom is -0.389 e. The molecule has 1 atom stereocenters. The van der Waals surface area contributed by atoms with Crippen molar-refractivity contribution in [2.45, 2.75) is 22.8 Å². The summed E-state index contributed by atoms with van der Waals surface area (Å²) in [5, 5.41) is 9.61. The van der Waals surface area contributed by atoms with Crippen molar-refractivity contribution >= 4 is 11.8 Å². The van der Waals surface area contributed by atoms with E-state index in [1.165, 1.54) is 30.0 Å². The lowest BCUT2D eigenvalue weighted by atomic mass is 10.1. The molecule has 0 aromatic heterocycles. The highest BCUT2D eigenvalue weighted by Crippen LogP contribution is 2.35. The summed E-state index contributed by atoms with van der Waals surface area (Å²) < 4.78 is 26.6. The molecule has 0 radical (unpaired) electrons. The smallest absolute Gasteiger partial charge is 0.137 e. The van der Waals surface area contributed by atoms with Gasteiger partial charge in [0.25, 0.3) is 0 Å². The third-order valence-electron chi connectivity index (χ3n) is 2.48. The fourth-order valence-corrected chi connectivity index (χ4v) is 2.61. The maximum atomic E-state index is 13.8. The number of hydrogen-bond acceptors (Lipinski definition) is 2. The standard InChI is InChI=1S/C14H12F2OS/c1-9(17)12-3-2-4-13(16)14(12)18-11-7-5-10(15)6-8-11/h2-9,17H,1H3/t9-/m0/s1. The van der Waals surface area contributed by atoms with Gasteiger partial charge in [-0.3, -0.25) is 0 Å². The van der Waals surface area contributed by atoms with Gasteiger partial charge in [0.05, 0.1) is 11.0 Å². The number of aliphatic hydroxyl groups excluding tert-OH is 1. The molecule has 0 bridgehead atoms. The van der Waals surface area contributed by atoms with E-state index in [2.05, 4.69) is 0 Å². The third kappa shape index (κ3) is 2.89. The van der Waals surface area contributed by atoms with E-state index >= 15 is 0 Å². The predicted octanol–water partition coefficient (Wildman–Crippen LogP) is 4.17. The zero-order chi connectivity index (χ0) is 13.1. The monoisotopic (exact) mass is 266 g/mol. The van der Waals surface area contributed by atoms with Crippen LogP contribution in [0.2, 0.25) is 0 Å². The van der Waals surface area contributed by atoms with Gasteiger partial charge in [-0.1, -0.05) is 23.9 Å². The molecule has 0 spiro atoms. The second-order valence-corrected chi connectivity index (χ2v) is 4.97. The van der Waals surface area contributed by atoms with Crippen molar-refractivity contribution in [2.24, 2.45) is 0 Å². The highest BCUT2D eigenvalue weighted by molar-refractivity contribution is 7.99. The summed E-state index contributed by atoms with van der Waals surface area (Å²) >= 11 is 1.18. The second kappa shape index (κ2) is 5.50. The van der Waals surface area contributed by atoms with Crippen molar-refractivity contribution in [3.05, 3.63) is 59.7 Å². The normalized spacial score (nSPS) is 12.4. The number of aliphatic hydroxyl groups is 1. The number of benzene rings is 2. The van der Waals surface area contributed by atoms with Crippen LogP contribution >= 0.6 is 11.8 Å². The van der Waals surface area contributed by atoms with E-state index in [9.17, 15) is 13.9 Å². The largest absolute Gasteiger partial charge is 0.389 e. The van der Waals surface area contributed by atoms with Crippen molar-refractivity contribution in [1.29, 1.82) is 0 Å². The van der Waals surface area contributed by atoms with Gasteiger partial charge in [-0.2, -0.15) is 0 Å². The Hall–Kier alpha value is -1.39. The Morgan fingerprint density at radius 3 is 2.33 bits per heavy atom. The topological polar surface area (TPSA) is 20.2 Å². The van der Waals surface area contributed by atoms with Crippen LogP contribution in [0.4, 0.5) is 8.78 Å². The molecule has 0 fully saturated rings. The highest BCUT2D eigenvalue weighted by atomic mass is 32.2. The van der Waals surface area contributed by atoms with E-state index in [0.717, 1.165) is 4.90 Å². The lowest BCUT2D eigenvalue weighted by Gasteiger charge is -2.12. The molecule has 1 N–H and O–H groups in total. The first-order valence-corrected chi connectivity index (χ1v) is 6.29. The molecule has 2 rings (SSSR count). The zero-order valence-electron chi connectivity index (χ0n) is 9.73. The van der Waals surface area contributed by atoms with Gasteiger partial charge in [0.1, 0.15) is 11.6 Å². The van der Waals surface area contributed by atoms with E-state index < -0.39 is 6.10 Å². The minimum atomic E-state index is -0.747. The Labute approximate surface area is 108 Å². The van der Waals surface area contributed by atoms with Crippen LogP contribution in [0.1, 0.15) is 18.6 Å². The van der Waals surface area contributed by atoms with Gasteiger partial charge in [0.15, 0.2) is 0 Å². The van der Waals surface area contributed by atoms with Crippen molar-refractivity contribution in [1.82, 2.24) is 0 Å². The molecule has 0 unspecified atom stereocenters. The lowest BCUT2D eigenvalue weighted by molar-refractivity contribution is 0.195. The summed E-state index contributed by atoms with van der Waals surface area (Å²) in [5.41, 5.74) is 0.532. The Balaban J connectivity index is 2.36. The Kier molecular flexibility index (Phi) is 3.99. The molecular weight excluding hydrogens is 254 g/mol. The molecule has 0 amide bonds. The molecule has 0 heterocycles. The van der Waals surface area contributed by atoms with Crippen LogP contribution < -0.4 is 0 Å². The van der Waals surface area contributed by atoms with Crippen molar-refractivity contribution in [3.63, 3.8) is 0 Å². The lowest BCUT2D eigenvalue weighted by Crippen LogP contribution is -1.96. The van der Waals surface area contributed by atoms with Gasteiger partial charge in [-0.05, 0) is 42.8 Å². The molecule has 18 heavy (non-hydrogen) atoms. The Morgan fingerprint density at radius 1 is 1.06 bits per heavy atom. The molecule has 1 nitrogen and oxygen atoms in total. The minimum absolute atomic E-state index is 0.330. The van der Waals surface area contributed by atoms with Crippen LogP contribution in [0.3, 0.4) is 0 Å². The molecule has 0 aliphatic heterocycles. The summed E-state index contributed by atoms with van der Waals surface area (Å²) in [5.74, 6) is -0.716. The number of hydrogen-bond donors (Lipinski definition) is 1. The van der Waals surface area contributed by atoms with Crippen LogP contribution in [-0.2, 0) is 0 Å². The second-order valence-electron chi connectivity index (χ2n) is 3.89. The molecule has 0 aliphatic rings. The summed E-state index contributed by atoms with van der Waals surface area (Å²) in [7, 11) is 0. The highest BCUT2D eigenvalue weighted by Gasteiger charge is 2.13. The number of halogens is 2. The summed E-state index contributed by atoms with van der Waals surface area (Å²) in [6.07, 6.45) is -0.747. The number of rotatable bonds is 3. The van der Waals surface area contributed by atoms with Gasteiger partial charge >= 0.3 is 0 Å². The van der Waals surface area contributed by atoms with E-state index in [4.69, 9.17) is 0 Å². The van der Waals surface area contributed by atoms with Gasteiger partial charge in [0.2, 0.25) is 0 Å². The van der Waals surface area contributed by atoms with Crippen LogP contribution in [0.5, 0.6) is 0 Å². The first-order chi connectivity index (χ1) is 8.58. The molecule has 0 saturated heterocycles. The zero-order valence-corrected chi connectivity index (χ0v) is 10.5. The first kappa shape index (κ1) is 13.1. The molecular formula is C14H12F2OS. The van der Waals surface area contributed by atoms with Crippen LogP contribution in [-0.4, -0.2) is 5.11 Å². The predicted molar refractivity (Wildman–Crippen MR) is 67.6 cm³/mol. The molecule has 94 valence electrons. The summed E-state index contributed by atoms with van der Waals surface area (Å²) in [6, 6.07) is 10.4. The van der Waals surface area contributed by atoms with Crippen LogP contribution in [0, 0.1) is 11.6 Å². The van der Waals surface area contributed by atoms with E-state index in [1.54, 1.807) is 31.2 Å². The third-order valence-corrected chi connectivity index (χ3v) is 3.62.